The summed E-state index contributed by atoms with van der Waals surface area (Å²) in [6.45, 7) is 2.13. The van der Waals surface area contributed by atoms with Crippen LogP contribution in [-0.4, -0.2) is 33.1 Å². The number of aromatic nitrogens is 2. The molecule has 2 aromatic carbocycles. The minimum Gasteiger partial charge on any atom is -0.333 e. The number of nitrogens with one attached hydrogen (secondary N) is 1. The van der Waals surface area contributed by atoms with Crippen LogP contribution in [0.15, 0.2) is 48.7 Å². The zero-order valence-electron chi connectivity index (χ0n) is 15.0. The molecular formula is C22H23N3O. The second-order valence-corrected chi connectivity index (χ2v) is 7.85. The average molecular weight is 345 g/mol. The van der Waals surface area contributed by atoms with E-state index in [0.717, 1.165) is 42.1 Å². The lowest BCUT2D eigenvalue weighted by molar-refractivity contribution is 0.0571. The van der Waals surface area contributed by atoms with Crippen molar-refractivity contribution < 1.29 is 4.79 Å². The first-order valence-corrected chi connectivity index (χ1v) is 9.51. The van der Waals surface area contributed by atoms with Crippen LogP contribution in [0.5, 0.6) is 0 Å². The van der Waals surface area contributed by atoms with E-state index in [0.29, 0.717) is 18.0 Å². The minimum atomic E-state index is 0.183. The lowest BCUT2D eigenvalue weighted by Gasteiger charge is -2.39. The number of amides is 1. The number of aryl methyl sites for hydroxylation is 1. The molecule has 4 heteroatoms. The molecule has 2 fully saturated rings. The number of fused-ring (bicyclic) bond motifs is 3. The molecule has 0 spiro atoms. The van der Waals surface area contributed by atoms with Crippen molar-refractivity contribution in [2.75, 3.05) is 0 Å². The van der Waals surface area contributed by atoms with Crippen molar-refractivity contribution in [1.29, 1.82) is 0 Å². The maximum absolute atomic E-state index is 13.2. The number of rotatable bonds is 2. The van der Waals surface area contributed by atoms with Gasteiger partial charge in [-0.05, 0) is 62.3 Å². The number of hydrogen-bond acceptors (Lipinski definition) is 2. The summed E-state index contributed by atoms with van der Waals surface area (Å²) in [6, 6.07) is 15.5. The number of carbonyl (C=O) groups is 1. The third-order valence-corrected chi connectivity index (χ3v) is 6.20. The van der Waals surface area contributed by atoms with E-state index in [1.54, 1.807) is 6.20 Å². The molecule has 0 radical (unpaired) electrons. The predicted octanol–water partition coefficient (Wildman–Crippen LogP) is 4.42. The highest BCUT2D eigenvalue weighted by Crippen LogP contribution is 2.43. The summed E-state index contributed by atoms with van der Waals surface area (Å²) >= 11 is 0. The van der Waals surface area contributed by atoms with Crippen LogP contribution in [0.3, 0.4) is 0 Å². The van der Waals surface area contributed by atoms with Gasteiger partial charge in [-0.1, -0.05) is 29.8 Å². The highest BCUT2D eigenvalue weighted by Gasteiger charge is 2.43. The fourth-order valence-electron chi connectivity index (χ4n) is 4.84. The highest BCUT2D eigenvalue weighted by atomic mass is 16.2. The van der Waals surface area contributed by atoms with Crippen LogP contribution < -0.4 is 0 Å². The number of H-pyrrole nitrogens is 1. The Morgan fingerprint density at radius 1 is 1.08 bits per heavy atom. The SMILES string of the molecule is Cc1ccc(C2C[C@H]3CC[C@@H](C2)N3C(=O)c2ccc3[nH]ncc3c2)cc1. The van der Waals surface area contributed by atoms with E-state index in [2.05, 4.69) is 46.3 Å². The molecule has 1 N–H and O–H groups in total. The van der Waals surface area contributed by atoms with Crippen molar-refractivity contribution in [3.05, 3.63) is 65.4 Å². The van der Waals surface area contributed by atoms with E-state index in [-0.39, 0.29) is 5.91 Å². The standard InChI is InChI=1S/C22H23N3O/c1-14-2-4-15(5-3-14)17-11-19-7-8-20(12-17)25(19)22(26)16-6-9-21-18(10-16)13-23-24-21/h2-6,9-10,13,17,19-20H,7-8,11-12H2,1H3,(H,23,24)/t17?,19-,20+. The highest BCUT2D eigenvalue weighted by molar-refractivity contribution is 5.98. The smallest absolute Gasteiger partial charge is 0.254 e. The van der Waals surface area contributed by atoms with Crippen LogP contribution in [0, 0.1) is 6.92 Å². The summed E-state index contributed by atoms with van der Waals surface area (Å²) in [7, 11) is 0. The first kappa shape index (κ1) is 15.6. The third kappa shape index (κ3) is 2.52. The van der Waals surface area contributed by atoms with Gasteiger partial charge in [0.2, 0.25) is 0 Å². The number of nitrogens with zero attached hydrogens (tertiary/aromatic N) is 2. The summed E-state index contributed by atoms with van der Waals surface area (Å²) in [4.78, 5) is 15.4. The van der Waals surface area contributed by atoms with Gasteiger partial charge < -0.3 is 4.90 Å². The lowest BCUT2D eigenvalue weighted by Crippen LogP contribution is -2.46. The minimum absolute atomic E-state index is 0.183. The van der Waals surface area contributed by atoms with Gasteiger partial charge in [0.1, 0.15) is 0 Å². The topological polar surface area (TPSA) is 49.0 Å². The summed E-state index contributed by atoms with van der Waals surface area (Å²) in [5.74, 6) is 0.761. The maximum atomic E-state index is 13.2. The van der Waals surface area contributed by atoms with E-state index < -0.39 is 0 Å². The molecule has 4 nitrogen and oxygen atoms in total. The largest absolute Gasteiger partial charge is 0.333 e. The van der Waals surface area contributed by atoms with Gasteiger partial charge in [0.25, 0.3) is 5.91 Å². The van der Waals surface area contributed by atoms with E-state index >= 15 is 0 Å². The van der Waals surface area contributed by atoms with Gasteiger partial charge in [-0.3, -0.25) is 9.89 Å². The first-order valence-electron chi connectivity index (χ1n) is 9.51. The zero-order chi connectivity index (χ0) is 17.7. The Labute approximate surface area is 153 Å². The van der Waals surface area contributed by atoms with Crippen molar-refractivity contribution in [2.24, 2.45) is 0 Å². The fourth-order valence-corrected chi connectivity index (χ4v) is 4.84. The second-order valence-electron chi connectivity index (χ2n) is 7.85. The molecular weight excluding hydrogens is 322 g/mol. The van der Waals surface area contributed by atoms with Crippen LogP contribution >= 0.6 is 0 Å². The Bertz CT molecular complexity index is 945. The van der Waals surface area contributed by atoms with E-state index in [1.165, 1.54) is 11.1 Å². The Morgan fingerprint density at radius 2 is 1.81 bits per heavy atom. The molecule has 2 aliphatic rings. The van der Waals surface area contributed by atoms with Gasteiger partial charge in [-0.15, -0.1) is 0 Å². The molecule has 0 aliphatic carbocycles. The van der Waals surface area contributed by atoms with E-state index in [4.69, 9.17) is 0 Å². The van der Waals surface area contributed by atoms with Crippen molar-refractivity contribution in [2.45, 2.75) is 50.6 Å². The molecule has 3 aromatic rings. The van der Waals surface area contributed by atoms with Gasteiger partial charge in [0.15, 0.2) is 0 Å². The number of benzene rings is 2. The van der Waals surface area contributed by atoms with Gasteiger partial charge in [-0.2, -0.15) is 5.10 Å². The van der Waals surface area contributed by atoms with E-state index in [9.17, 15) is 4.79 Å². The number of hydrogen-bond donors (Lipinski definition) is 1. The molecule has 3 atom stereocenters. The zero-order valence-corrected chi connectivity index (χ0v) is 15.0. The van der Waals surface area contributed by atoms with Crippen LogP contribution in [-0.2, 0) is 0 Å². The molecule has 1 aromatic heterocycles. The summed E-state index contributed by atoms with van der Waals surface area (Å²) in [5.41, 5.74) is 4.49. The molecule has 2 saturated heterocycles. The molecule has 5 rings (SSSR count). The Morgan fingerprint density at radius 3 is 2.54 bits per heavy atom. The molecule has 2 bridgehead atoms. The summed E-state index contributed by atoms with van der Waals surface area (Å²) in [5, 5.41) is 8.00. The van der Waals surface area contributed by atoms with Crippen LogP contribution in [0.4, 0.5) is 0 Å². The number of carbonyl (C=O) groups excluding carboxylic acids is 1. The van der Waals surface area contributed by atoms with Gasteiger partial charge in [0.05, 0.1) is 11.7 Å². The normalized spacial score (nSPS) is 25.0. The number of piperidine rings is 1. The molecule has 3 heterocycles. The Kier molecular flexibility index (Phi) is 3.59. The predicted molar refractivity (Wildman–Crippen MR) is 102 cm³/mol. The summed E-state index contributed by atoms with van der Waals surface area (Å²) in [6.07, 6.45) is 6.21. The van der Waals surface area contributed by atoms with Gasteiger partial charge in [0, 0.05) is 23.0 Å². The molecule has 0 saturated carbocycles. The van der Waals surface area contributed by atoms with Crippen molar-refractivity contribution in [3.8, 4) is 0 Å². The monoisotopic (exact) mass is 345 g/mol. The molecule has 26 heavy (non-hydrogen) atoms. The van der Waals surface area contributed by atoms with Crippen LogP contribution in [0.1, 0.15) is 53.1 Å². The van der Waals surface area contributed by atoms with Gasteiger partial charge in [-0.25, -0.2) is 0 Å². The van der Waals surface area contributed by atoms with Crippen molar-refractivity contribution >= 4 is 16.8 Å². The Hall–Kier alpha value is -2.62. The molecule has 1 unspecified atom stereocenters. The first-order chi connectivity index (χ1) is 12.7. The second kappa shape index (κ2) is 5.97. The van der Waals surface area contributed by atoms with Crippen molar-refractivity contribution in [3.63, 3.8) is 0 Å². The molecule has 1 amide bonds. The van der Waals surface area contributed by atoms with Gasteiger partial charge >= 0.3 is 0 Å². The number of aromatic amines is 1. The fraction of sp³-hybridized carbons (Fsp3) is 0.364. The quantitative estimate of drug-likeness (QED) is 0.747. The summed E-state index contributed by atoms with van der Waals surface area (Å²) < 4.78 is 0. The van der Waals surface area contributed by atoms with Crippen LogP contribution in [0.25, 0.3) is 10.9 Å². The Balaban J connectivity index is 1.39. The van der Waals surface area contributed by atoms with E-state index in [1.807, 2.05) is 18.2 Å². The molecule has 2 aliphatic heterocycles. The molecule has 132 valence electrons. The maximum Gasteiger partial charge on any atom is 0.254 e. The van der Waals surface area contributed by atoms with Crippen molar-refractivity contribution in [1.82, 2.24) is 15.1 Å². The van der Waals surface area contributed by atoms with Crippen LogP contribution in [0.2, 0.25) is 0 Å². The lowest BCUT2D eigenvalue weighted by atomic mass is 9.84. The third-order valence-electron chi connectivity index (χ3n) is 6.20. The average Bonchev–Trinajstić information content (AvgIpc) is 3.23.